The van der Waals surface area contributed by atoms with E-state index in [1.807, 2.05) is 0 Å². The maximum absolute atomic E-state index is 6.01. The van der Waals surface area contributed by atoms with Crippen molar-refractivity contribution in [1.82, 2.24) is 14.8 Å². The molecule has 2 saturated heterocycles. The molecule has 2 unspecified atom stereocenters. The highest BCUT2D eigenvalue weighted by Gasteiger charge is 2.49. The maximum atomic E-state index is 6.01. The van der Waals surface area contributed by atoms with E-state index in [9.17, 15) is 0 Å². The second-order valence-corrected chi connectivity index (χ2v) is 12.3. The fraction of sp³-hybridized carbons (Fsp3) is 0.679. The molecule has 5 heteroatoms. The molecule has 2 atom stereocenters. The van der Waals surface area contributed by atoms with Crippen LogP contribution in [0.2, 0.25) is 0 Å². The molecule has 180 valence electrons. The highest BCUT2D eigenvalue weighted by atomic mass is 32.1. The molecule has 2 aromatic rings. The molecular formula is C28H41N3OS. The maximum Gasteiger partial charge on any atom is 0.123 e. The largest absolute Gasteiger partial charge is 0.494 e. The Kier molecular flexibility index (Phi) is 6.83. The van der Waals surface area contributed by atoms with Gasteiger partial charge >= 0.3 is 0 Å². The molecule has 3 heterocycles. The number of likely N-dealkylation sites (tertiary alicyclic amines) is 2. The van der Waals surface area contributed by atoms with Crippen molar-refractivity contribution in [3.05, 3.63) is 35.3 Å². The molecule has 1 spiro atoms. The lowest BCUT2D eigenvalue weighted by molar-refractivity contribution is 0.121. The molecule has 33 heavy (non-hydrogen) atoms. The molecule has 0 radical (unpaired) electrons. The Labute approximate surface area is 204 Å². The normalized spacial score (nSPS) is 27.7. The van der Waals surface area contributed by atoms with Crippen LogP contribution in [-0.2, 0) is 6.54 Å². The summed E-state index contributed by atoms with van der Waals surface area (Å²) >= 11 is 1.77. The van der Waals surface area contributed by atoms with Gasteiger partial charge in [0.1, 0.15) is 10.8 Å². The van der Waals surface area contributed by atoms with Crippen LogP contribution in [0.1, 0.15) is 77.8 Å². The van der Waals surface area contributed by atoms with E-state index in [-0.39, 0.29) is 0 Å². The van der Waals surface area contributed by atoms with E-state index in [4.69, 9.17) is 9.72 Å². The van der Waals surface area contributed by atoms with E-state index < -0.39 is 0 Å². The highest BCUT2D eigenvalue weighted by molar-refractivity contribution is 7.13. The number of hydrogen-bond acceptors (Lipinski definition) is 5. The monoisotopic (exact) mass is 467 g/mol. The highest BCUT2D eigenvalue weighted by Crippen LogP contribution is 2.51. The van der Waals surface area contributed by atoms with Crippen molar-refractivity contribution in [2.24, 2.45) is 5.41 Å². The van der Waals surface area contributed by atoms with E-state index in [2.05, 4.69) is 60.2 Å². The number of nitrogens with zero attached hydrogens (tertiary/aromatic N) is 3. The summed E-state index contributed by atoms with van der Waals surface area (Å²) in [7, 11) is 0. The van der Waals surface area contributed by atoms with Crippen molar-refractivity contribution in [1.29, 1.82) is 0 Å². The zero-order valence-corrected chi connectivity index (χ0v) is 21.6. The van der Waals surface area contributed by atoms with E-state index in [1.165, 1.54) is 69.3 Å². The van der Waals surface area contributed by atoms with Gasteiger partial charge in [-0.2, -0.15) is 0 Å². The minimum absolute atomic E-state index is 0.430. The summed E-state index contributed by atoms with van der Waals surface area (Å²) in [4.78, 5) is 10.4. The molecule has 4 nitrogen and oxygen atoms in total. The quantitative estimate of drug-likeness (QED) is 0.409. The lowest BCUT2D eigenvalue weighted by Gasteiger charge is -2.36. The van der Waals surface area contributed by atoms with Gasteiger partial charge in [0.15, 0.2) is 0 Å². The van der Waals surface area contributed by atoms with Crippen molar-refractivity contribution in [3.8, 4) is 16.3 Å². The molecule has 0 amide bonds. The van der Waals surface area contributed by atoms with Crippen molar-refractivity contribution in [2.75, 3.05) is 26.2 Å². The Morgan fingerprint density at radius 3 is 2.67 bits per heavy atom. The molecule has 5 rings (SSSR count). The predicted octanol–water partition coefficient (Wildman–Crippen LogP) is 6.61. The summed E-state index contributed by atoms with van der Waals surface area (Å²) < 4.78 is 6.01. The second-order valence-electron chi connectivity index (χ2n) is 11.5. The lowest BCUT2D eigenvalue weighted by atomic mass is 9.86. The first-order valence-corrected chi connectivity index (χ1v) is 14.0. The van der Waals surface area contributed by atoms with Gasteiger partial charge in [0.25, 0.3) is 0 Å². The second kappa shape index (κ2) is 9.67. The van der Waals surface area contributed by atoms with Gasteiger partial charge in [-0.15, -0.1) is 11.3 Å². The number of thiazole rings is 1. The van der Waals surface area contributed by atoms with Crippen LogP contribution in [0.5, 0.6) is 5.75 Å². The zero-order valence-electron chi connectivity index (χ0n) is 20.8. The Morgan fingerprint density at radius 2 is 1.94 bits per heavy atom. The van der Waals surface area contributed by atoms with Crippen molar-refractivity contribution in [2.45, 2.75) is 90.3 Å². The first kappa shape index (κ1) is 23.3. The average molecular weight is 468 g/mol. The van der Waals surface area contributed by atoms with Gasteiger partial charge in [0, 0.05) is 35.6 Å². The van der Waals surface area contributed by atoms with Gasteiger partial charge in [-0.25, -0.2) is 4.98 Å². The minimum atomic E-state index is 0.430. The summed E-state index contributed by atoms with van der Waals surface area (Å²) in [5.74, 6) is 0.966. The standard InChI is InChI=1S/C28H41N3OS/c1-22-7-4-15-30(22)16-6-18-32-25-10-8-23(9-11-25)26-29-24(20-33-26)19-31-17-5-12-28(31)14-13-27(2,3)21-28/h8-11,20,22H,4-7,12-19,21H2,1-3H3. The van der Waals surface area contributed by atoms with Crippen LogP contribution in [0, 0.1) is 5.41 Å². The van der Waals surface area contributed by atoms with Crippen LogP contribution in [0.3, 0.4) is 0 Å². The van der Waals surface area contributed by atoms with E-state index in [1.54, 1.807) is 11.3 Å². The molecule has 1 saturated carbocycles. The molecule has 1 aromatic heterocycles. The molecule has 1 aromatic carbocycles. The fourth-order valence-corrected chi connectivity index (χ4v) is 7.36. The van der Waals surface area contributed by atoms with Crippen LogP contribution in [0.4, 0.5) is 0 Å². The summed E-state index contributed by atoms with van der Waals surface area (Å²) in [6.07, 6.45) is 10.5. The molecule has 0 N–H and O–H groups in total. The first-order chi connectivity index (χ1) is 15.9. The van der Waals surface area contributed by atoms with Gasteiger partial charge in [-0.05, 0) is 101 Å². The van der Waals surface area contributed by atoms with Gasteiger partial charge < -0.3 is 9.64 Å². The lowest BCUT2D eigenvalue weighted by Crippen LogP contribution is -2.41. The van der Waals surface area contributed by atoms with E-state index >= 15 is 0 Å². The number of hydrogen-bond donors (Lipinski definition) is 0. The third kappa shape index (κ3) is 5.31. The number of aromatic nitrogens is 1. The molecule has 3 fully saturated rings. The average Bonchev–Trinajstić information content (AvgIpc) is 3.57. The Morgan fingerprint density at radius 1 is 1.09 bits per heavy atom. The SMILES string of the molecule is CC1CCCN1CCCOc1ccc(-c2nc(CN3CCCC34CCC(C)(C)C4)cs2)cc1. The number of rotatable bonds is 8. The third-order valence-corrected chi connectivity index (χ3v) is 9.31. The van der Waals surface area contributed by atoms with Crippen LogP contribution >= 0.6 is 11.3 Å². The molecule has 3 aliphatic rings. The first-order valence-electron chi connectivity index (χ1n) is 13.1. The summed E-state index contributed by atoms with van der Waals surface area (Å²) in [5.41, 5.74) is 3.35. The Bertz CT molecular complexity index is 923. The predicted molar refractivity (Wildman–Crippen MR) is 138 cm³/mol. The van der Waals surface area contributed by atoms with Crippen molar-refractivity contribution < 1.29 is 4.74 Å². The molecule has 0 bridgehead atoms. The van der Waals surface area contributed by atoms with Gasteiger partial charge in [0.2, 0.25) is 0 Å². The van der Waals surface area contributed by atoms with E-state index in [0.29, 0.717) is 11.0 Å². The van der Waals surface area contributed by atoms with Gasteiger partial charge in [0.05, 0.1) is 12.3 Å². The summed E-state index contributed by atoms with van der Waals surface area (Å²) in [6, 6.07) is 9.28. The Hall–Kier alpha value is -1.43. The molecule has 2 aliphatic heterocycles. The summed E-state index contributed by atoms with van der Waals surface area (Å²) in [6.45, 7) is 12.7. The van der Waals surface area contributed by atoms with Gasteiger partial charge in [-0.3, -0.25) is 4.90 Å². The molecular weight excluding hydrogens is 426 g/mol. The number of benzene rings is 1. The van der Waals surface area contributed by atoms with Crippen LogP contribution in [0.25, 0.3) is 10.6 Å². The Balaban J connectivity index is 1.13. The molecule has 1 aliphatic carbocycles. The van der Waals surface area contributed by atoms with Crippen LogP contribution in [0.15, 0.2) is 29.6 Å². The van der Waals surface area contributed by atoms with Gasteiger partial charge in [-0.1, -0.05) is 13.8 Å². The van der Waals surface area contributed by atoms with Crippen LogP contribution < -0.4 is 4.74 Å². The fourth-order valence-electron chi connectivity index (χ4n) is 6.55. The van der Waals surface area contributed by atoms with Crippen molar-refractivity contribution >= 4 is 11.3 Å². The van der Waals surface area contributed by atoms with Crippen molar-refractivity contribution in [3.63, 3.8) is 0 Å². The van der Waals surface area contributed by atoms with E-state index in [0.717, 1.165) is 42.9 Å². The summed E-state index contributed by atoms with van der Waals surface area (Å²) in [5, 5.41) is 3.39. The third-order valence-electron chi connectivity index (χ3n) is 8.37. The minimum Gasteiger partial charge on any atom is -0.494 e. The zero-order chi connectivity index (χ0) is 22.9. The number of ether oxygens (including phenoxy) is 1. The van der Waals surface area contributed by atoms with Crippen LogP contribution in [-0.4, -0.2) is 52.6 Å². The topological polar surface area (TPSA) is 28.6 Å². The smallest absolute Gasteiger partial charge is 0.123 e.